The fourth-order valence-electron chi connectivity index (χ4n) is 3.28. The lowest BCUT2D eigenvalue weighted by Crippen LogP contribution is -2.43. The number of carbonyl (C=O) groups excluding carboxylic acids is 1. The van der Waals surface area contributed by atoms with Crippen molar-refractivity contribution in [1.82, 2.24) is 10.2 Å². The summed E-state index contributed by atoms with van der Waals surface area (Å²) < 4.78 is 10.7. The molecule has 1 heterocycles. The molecule has 1 fully saturated rings. The van der Waals surface area contributed by atoms with Gasteiger partial charge in [0.15, 0.2) is 0 Å². The molecule has 0 bridgehead atoms. The van der Waals surface area contributed by atoms with Crippen LogP contribution in [0.5, 0.6) is 5.75 Å². The van der Waals surface area contributed by atoms with E-state index in [1.54, 1.807) is 19.2 Å². The molecule has 0 saturated carbocycles. The van der Waals surface area contributed by atoms with Crippen LogP contribution >= 0.6 is 0 Å². The zero-order chi connectivity index (χ0) is 19.9. The highest BCUT2D eigenvalue weighted by Crippen LogP contribution is 2.24. The highest BCUT2D eigenvalue weighted by Gasteiger charge is 2.25. The number of nitrogens with zero attached hydrogens (tertiary/aromatic N) is 2. The molecule has 0 aliphatic carbocycles. The largest absolute Gasteiger partial charge is 0.497 e. The third-order valence-electron chi connectivity index (χ3n) is 4.79. The van der Waals surface area contributed by atoms with Crippen molar-refractivity contribution in [2.45, 2.75) is 6.04 Å². The first kappa shape index (κ1) is 19.8. The number of para-hydroxylation sites is 1. The molecule has 1 aliphatic heterocycles. The van der Waals surface area contributed by atoms with Crippen LogP contribution in [0.4, 0.5) is 5.69 Å². The lowest BCUT2D eigenvalue weighted by atomic mass is 10.0. The number of hydrogen-bond acceptors (Lipinski definition) is 6. The van der Waals surface area contributed by atoms with Crippen molar-refractivity contribution in [2.24, 2.45) is 0 Å². The molecule has 1 N–H and O–H groups in total. The molecular formula is C20H23N3O5. The van der Waals surface area contributed by atoms with Gasteiger partial charge in [-0.05, 0) is 23.8 Å². The molecule has 148 valence electrons. The quantitative estimate of drug-likeness (QED) is 0.581. The van der Waals surface area contributed by atoms with Crippen molar-refractivity contribution < 1.29 is 19.2 Å². The summed E-state index contributed by atoms with van der Waals surface area (Å²) in [6.07, 6.45) is 0. The number of methoxy groups -OCH3 is 1. The van der Waals surface area contributed by atoms with Gasteiger partial charge in [0.1, 0.15) is 11.3 Å². The van der Waals surface area contributed by atoms with Crippen molar-refractivity contribution >= 4 is 11.6 Å². The van der Waals surface area contributed by atoms with Gasteiger partial charge in [-0.15, -0.1) is 0 Å². The van der Waals surface area contributed by atoms with E-state index in [1.807, 2.05) is 24.3 Å². The number of nitrogens with one attached hydrogen (secondary N) is 1. The van der Waals surface area contributed by atoms with Gasteiger partial charge in [0.2, 0.25) is 0 Å². The molecule has 2 aromatic rings. The third-order valence-corrected chi connectivity index (χ3v) is 4.79. The molecule has 8 heteroatoms. The Balaban J connectivity index is 1.77. The van der Waals surface area contributed by atoms with Crippen LogP contribution in [0.3, 0.4) is 0 Å². The minimum Gasteiger partial charge on any atom is -0.497 e. The fraction of sp³-hybridized carbons (Fsp3) is 0.350. The maximum absolute atomic E-state index is 12.6. The summed E-state index contributed by atoms with van der Waals surface area (Å²) in [4.78, 5) is 25.5. The van der Waals surface area contributed by atoms with E-state index in [0.717, 1.165) is 24.4 Å². The lowest BCUT2D eigenvalue weighted by molar-refractivity contribution is -0.385. The summed E-state index contributed by atoms with van der Waals surface area (Å²) in [5.41, 5.74) is 0.890. The van der Waals surface area contributed by atoms with Gasteiger partial charge < -0.3 is 14.8 Å². The van der Waals surface area contributed by atoms with Crippen LogP contribution < -0.4 is 10.1 Å². The van der Waals surface area contributed by atoms with Crippen LogP contribution in [0.2, 0.25) is 0 Å². The molecular weight excluding hydrogens is 362 g/mol. The predicted molar refractivity (Wildman–Crippen MR) is 104 cm³/mol. The van der Waals surface area contributed by atoms with Crippen molar-refractivity contribution in [3.63, 3.8) is 0 Å². The van der Waals surface area contributed by atoms with Crippen molar-refractivity contribution in [1.29, 1.82) is 0 Å². The minimum atomic E-state index is -0.544. The Morgan fingerprint density at radius 1 is 1.21 bits per heavy atom. The van der Waals surface area contributed by atoms with E-state index in [1.165, 1.54) is 12.1 Å². The first-order chi connectivity index (χ1) is 13.6. The van der Waals surface area contributed by atoms with E-state index < -0.39 is 10.8 Å². The van der Waals surface area contributed by atoms with Gasteiger partial charge in [-0.1, -0.05) is 24.3 Å². The van der Waals surface area contributed by atoms with Crippen LogP contribution in [0.1, 0.15) is 22.0 Å². The summed E-state index contributed by atoms with van der Waals surface area (Å²) in [7, 11) is 1.61. The number of ether oxygens (including phenoxy) is 2. The van der Waals surface area contributed by atoms with Crippen LogP contribution in [0.25, 0.3) is 0 Å². The maximum Gasteiger partial charge on any atom is 0.282 e. The molecule has 0 radical (unpaired) electrons. The second kappa shape index (κ2) is 9.29. The van der Waals surface area contributed by atoms with Gasteiger partial charge in [0.25, 0.3) is 11.6 Å². The van der Waals surface area contributed by atoms with E-state index in [9.17, 15) is 14.9 Å². The predicted octanol–water partition coefficient (Wildman–Crippen LogP) is 2.41. The van der Waals surface area contributed by atoms with E-state index >= 15 is 0 Å². The molecule has 1 saturated heterocycles. The number of benzene rings is 2. The van der Waals surface area contributed by atoms with E-state index in [0.29, 0.717) is 19.8 Å². The fourth-order valence-corrected chi connectivity index (χ4v) is 3.28. The number of hydrogen-bond donors (Lipinski definition) is 1. The number of nitro groups is 1. The average Bonchev–Trinajstić information content (AvgIpc) is 2.75. The highest BCUT2D eigenvalue weighted by molar-refractivity contribution is 5.98. The van der Waals surface area contributed by atoms with Gasteiger partial charge in [-0.2, -0.15) is 0 Å². The van der Waals surface area contributed by atoms with Crippen LogP contribution in [0, 0.1) is 10.1 Å². The zero-order valence-corrected chi connectivity index (χ0v) is 15.7. The van der Waals surface area contributed by atoms with Gasteiger partial charge >= 0.3 is 0 Å². The van der Waals surface area contributed by atoms with Crippen molar-refractivity contribution in [3.05, 3.63) is 69.8 Å². The van der Waals surface area contributed by atoms with Gasteiger partial charge in [0, 0.05) is 25.7 Å². The summed E-state index contributed by atoms with van der Waals surface area (Å²) in [6, 6.07) is 13.6. The summed E-state index contributed by atoms with van der Waals surface area (Å²) in [6.45, 7) is 3.09. The van der Waals surface area contributed by atoms with Crippen LogP contribution in [-0.2, 0) is 4.74 Å². The molecule has 1 unspecified atom stereocenters. The standard InChI is InChI=1S/C20H23N3O5/c1-27-16-8-6-15(7-9-16)19(22-10-12-28-13-11-22)14-21-20(24)17-4-2-3-5-18(17)23(25)26/h2-9,19H,10-14H2,1H3,(H,21,24). The van der Waals surface area contributed by atoms with E-state index in [2.05, 4.69) is 10.2 Å². The Morgan fingerprint density at radius 2 is 1.89 bits per heavy atom. The van der Waals surface area contributed by atoms with Gasteiger partial charge in [-0.3, -0.25) is 19.8 Å². The lowest BCUT2D eigenvalue weighted by Gasteiger charge is -2.35. The van der Waals surface area contributed by atoms with Crippen LogP contribution in [-0.4, -0.2) is 55.7 Å². The van der Waals surface area contributed by atoms with Crippen LogP contribution in [0.15, 0.2) is 48.5 Å². The molecule has 0 spiro atoms. The SMILES string of the molecule is COc1ccc(C(CNC(=O)c2ccccc2[N+](=O)[O-])N2CCOCC2)cc1. The summed E-state index contributed by atoms with van der Waals surface area (Å²) >= 11 is 0. The smallest absolute Gasteiger partial charge is 0.282 e. The van der Waals surface area contributed by atoms with Gasteiger partial charge in [0.05, 0.1) is 31.3 Å². The first-order valence-corrected chi connectivity index (χ1v) is 9.07. The second-order valence-corrected chi connectivity index (χ2v) is 6.42. The number of amides is 1. The minimum absolute atomic E-state index is 0.0583. The molecule has 28 heavy (non-hydrogen) atoms. The summed E-state index contributed by atoms with van der Waals surface area (Å²) in [5.74, 6) is 0.299. The average molecular weight is 385 g/mol. The molecule has 1 aliphatic rings. The number of morpholine rings is 1. The Hall–Kier alpha value is -2.97. The monoisotopic (exact) mass is 385 g/mol. The number of rotatable bonds is 7. The number of nitro benzene ring substituents is 1. The highest BCUT2D eigenvalue weighted by atomic mass is 16.6. The van der Waals surface area contributed by atoms with Gasteiger partial charge in [-0.25, -0.2) is 0 Å². The normalized spacial score (nSPS) is 15.6. The molecule has 1 amide bonds. The Labute approximate surface area is 163 Å². The molecule has 3 rings (SSSR count). The Bertz CT molecular complexity index is 819. The molecule has 1 atom stereocenters. The molecule has 2 aromatic carbocycles. The molecule has 8 nitrogen and oxygen atoms in total. The zero-order valence-electron chi connectivity index (χ0n) is 15.7. The van der Waals surface area contributed by atoms with E-state index in [4.69, 9.17) is 9.47 Å². The molecule has 0 aromatic heterocycles. The van der Waals surface area contributed by atoms with Crippen molar-refractivity contribution in [3.8, 4) is 5.75 Å². The Kier molecular flexibility index (Phi) is 6.57. The first-order valence-electron chi connectivity index (χ1n) is 9.07. The van der Waals surface area contributed by atoms with E-state index in [-0.39, 0.29) is 17.3 Å². The number of carbonyl (C=O) groups is 1. The summed E-state index contributed by atoms with van der Waals surface area (Å²) in [5, 5.41) is 14.0. The van der Waals surface area contributed by atoms with Crippen molar-refractivity contribution in [2.75, 3.05) is 40.0 Å². The third kappa shape index (κ3) is 4.65. The second-order valence-electron chi connectivity index (χ2n) is 6.42. The maximum atomic E-state index is 12.6. The Morgan fingerprint density at radius 3 is 2.54 bits per heavy atom. The topological polar surface area (TPSA) is 93.9 Å².